The Morgan fingerprint density at radius 3 is 2.80 bits per heavy atom. The summed E-state index contributed by atoms with van der Waals surface area (Å²) in [6.45, 7) is 7.41. The number of rotatable bonds is 3. The molecule has 0 saturated carbocycles. The second kappa shape index (κ2) is 6.78. The van der Waals surface area contributed by atoms with E-state index in [1.165, 1.54) is 0 Å². The van der Waals surface area contributed by atoms with E-state index in [4.69, 9.17) is 4.74 Å². The highest BCUT2D eigenvalue weighted by Crippen LogP contribution is 2.19. The number of para-hydroxylation sites is 1. The SMILES string of the molecule is CC(C)(C)OC(=O)N1CCC(CNC(=O)c2cc3ccccc3[nH]2)C1. The zero-order valence-corrected chi connectivity index (χ0v) is 15.0. The molecule has 1 aromatic heterocycles. The van der Waals surface area contributed by atoms with Crippen molar-refractivity contribution in [2.45, 2.75) is 32.8 Å². The van der Waals surface area contributed by atoms with Crippen molar-refractivity contribution in [1.29, 1.82) is 0 Å². The minimum atomic E-state index is -0.487. The highest BCUT2D eigenvalue weighted by atomic mass is 16.6. The molecule has 6 heteroatoms. The molecule has 1 aliphatic heterocycles. The summed E-state index contributed by atoms with van der Waals surface area (Å²) in [5, 5.41) is 3.98. The summed E-state index contributed by atoms with van der Waals surface area (Å²) in [7, 11) is 0. The van der Waals surface area contributed by atoms with Crippen LogP contribution < -0.4 is 5.32 Å². The molecule has 1 aromatic carbocycles. The third-order valence-electron chi connectivity index (χ3n) is 4.26. The average molecular weight is 343 g/mol. The van der Waals surface area contributed by atoms with Crippen LogP contribution in [0.4, 0.5) is 4.79 Å². The van der Waals surface area contributed by atoms with Crippen molar-refractivity contribution in [3.8, 4) is 0 Å². The minimum Gasteiger partial charge on any atom is -0.444 e. The average Bonchev–Trinajstić information content (AvgIpc) is 3.17. The zero-order valence-electron chi connectivity index (χ0n) is 15.0. The Kier molecular flexibility index (Phi) is 4.70. The Morgan fingerprint density at radius 1 is 1.32 bits per heavy atom. The molecule has 2 heterocycles. The molecular weight excluding hydrogens is 318 g/mol. The van der Waals surface area contributed by atoms with Gasteiger partial charge in [0.2, 0.25) is 0 Å². The number of hydrogen-bond acceptors (Lipinski definition) is 3. The predicted molar refractivity (Wildman–Crippen MR) is 96.5 cm³/mol. The fourth-order valence-corrected chi connectivity index (χ4v) is 3.02. The number of carbonyl (C=O) groups excluding carboxylic acids is 2. The smallest absolute Gasteiger partial charge is 0.410 e. The summed E-state index contributed by atoms with van der Waals surface area (Å²) in [6, 6.07) is 9.65. The van der Waals surface area contributed by atoms with Crippen molar-refractivity contribution in [2.75, 3.05) is 19.6 Å². The molecule has 1 aliphatic rings. The van der Waals surface area contributed by atoms with Crippen molar-refractivity contribution in [2.24, 2.45) is 5.92 Å². The Balaban J connectivity index is 1.50. The summed E-state index contributed by atoms with van der Waals surface area (Å²) < 4.78 is 5.39. The molecule has 6 nitrogen and oxygen atoms in total. The third kappa shape index (κ3) is 4.32. The summed E-state index contributed by atoms with van der Waals surface area (Å²) in [5.74, 6) is 0.132. The Hall–Kier alpha value is -2.50. The van der Waals surface area contributed by atoms with E-state index in [1.54, 1.807) is 4.90 Å². The summed E-state index contributed by atoms with van der Waals surface area (Å²) in [4.78, 5) is 29.2. The molecule has 25 heavy (non-hydrogen) atoms. The molecule has 0 aliphatic carbocycles. The Bertz CT molecular complexity index is 743. The van der Waals surface area contributed by atoms with Crippen LogP contribution >= 0.6 is 0 Å². The van der Waals surface area contributed by atoms with E-state index in [0.29, 0.717) is 25.3 Å². The lowest BCUT2D eigenvalue weighted by Crippen LogP contribution is -2.36. The number of likely N-dealkylation sites (tertiary alicyclic amines) is 1. The first kappa shape index (κ1) is 17.3. The second-order valence-corrected chi connectivity index (χ2v) is 7.56. The molecule has 134 valence electrons. The van der Waals surface area contributed by atoms with Crippen LogP contribution in [-0.4, -0.2) is 47.1 Å². The number of benzene rings is 1. The number of nitrogens with zero attached hydrogens (tertiary/aromatic N) is 1. The highest BCUT2D eigenvalue weighted by molar-refractivity contribution is 5.97. The van der Waals surface area contributed by atoms with Gasteiger partial charge in [-0.3, -0.25) is 4.79 Å². The molecule has 0 bridgehead atoms. The molecule has 1 saturated heterocycles. The van der Waals surface area contributed by atoms with Gasteiger partial charge in [-0.05, 0) is 45.2 Å². The lowest BCUT2D eigenvalue weighted by Gasteiger charge is -2.24. The summed E-state index contributed by atoms with van der Waals surface area (Å²) >= 11 is 0. The van der Waals surface area contributed by atoms with Crippen LogP contribution in [0, 0.1) is 5.92 Å². The van der Waals surface area contributed by atoms with Gasteiger partial charge in [0.15, 0.2) is 0 Å². The van der Waals surface area contributed by atoms with E-state index in [9.17, 15) is 9.59 Å². The molecule has 1 atom stereocenters. The van der Waals surface area contributed by atoms with Gasteiger partial charge in [0.1, 0.15) is 11.3 Å². The second-order valence-electron chi connectivity index (χ2n) is 7.56. The molecule has 2 N–H and O–H groups in total. The topological polar surface area (TPSA) is 74.4 Å². The summed E-state index contributed by atoms with van der Waals surface area (Å²) in [6.07, 6.45) is 0.587. The van der Waals surface area contributed by atoms with Gasteiger partial charge in [-0.25, -0.2) is 4.79 Å². The van der Waals surface area contributed by atoms with E-state index in [0.717, 1.165) is 17.3 Å². The van der Waals surface area contributed by atoms with Crippen molar-refractivity contribution < 1.29 is 14.3 Å². The standard InChI is InChI=1S/C19H25N3O3/c1-19(2,3)25-18(24)22-9-8-13(12-22)11-20-17(23)16-10-14-6-4-5-7-15(14)21-16/h4-7,10,13,21H,8-9,11-12H2,1-3H3,(H,20,23). The zero-order chi connectivity index (χ0) is 18.0. The number of nitrogens with one attached hydrogen (secondary N) is 2. The van der Waals surface area contributed by atoms with Crippen molar-refractivity contribution in [1.82, 2.24) is 15.2 Å². The largest absolute Gasteiger partial charge is 0.444 e. The molecule has 1 fully saturated rings. The fraction of sp³-hybridized carbons (Fsp3) is 0.474. The van der Waals surface area contributed by atoms with E-state index in [-0.39, 0.29) is 17.9 Å². The van der Waals surface area contributed by atoms with Crippen LogP contribution in [0.25, 0.3) is 10.9 Å². The number of amides is 2. The Labute approximate surface area is 147 Å². The molecule has 1 unspecified atom stereocenters. The van der Waals surface area contributed by atoms with E-state index >= 15 is 0 Å². The monoisotopic (exact) mass is 343 g/mol. The van der Waals surface area contributed by atoms with E-state index in [2.05, 4.69) is 10.3 Å². The van der Waals surface area contributed by atoms with E-state index < -0.39 is 5.60 Å². The van der Waals surface area contributed by atoms with Gasteiger partial charge in [-0.15, -0.1) is 0 Å². The van der Waals surface area contributed by atoms with Crippen molar-refractivity contribution in [3.63, 3.8) is 0 Å². The molecule has 0 spiro atoms. The Morgan fingerprint density at radius 2 is 2.08 bits per heavy atom. The maximum atomic E-state index is 12.3. The fourth-order valence-electron chi connectivity index (χ4n) is 3.02. The molecular formula is C19H25N3O3. The van der Waals surface area contributed by atoms with Gasteiger partial charge in [-0.1, -0.05) is 18.2 Å². The van der Waals surface area contributed by atoms with Crippen molar-refractivity contribution >= 4 is 22.9 Å². The van der Waals surface area contributed by atoms with Crippen LogP contribution in [-0.2, 0) is 4.74 Å². The maximum absolute atomic E-state index is 12.3. The van der Waals surface area contributed by atoms with Gasteiger partial charge in [0, 0.05) is 30.5 Å². The summed E-state index contributed by atoms with van der Waals surface area (Å²) in [5.41, 5.74) is 1.02. The van der Waals surface area contributed by atoms with Gasteiger partial charge in [0.05, 0.1) is 0 Å². The number of hydrogen-bond donors (Lipinski definition) is 2. The lowest BCUT2D eigenvalue weighted by atomic mass is 10.1. The number of carbonyl (C=O) groups is 2. The van der Waals surface area contributed by atoms with Crippen LogP contribution in [0.1, 0.15) is 37.7 Å². The molecule has 0 radical (unpaired) electrons. The quantitative estimate of drug-likeness (QED) is 0.899. The van der Waals surface area contributed by atoms with Crippen molar-refractivity contribution in [3.05, 3.63) is 36.0 Å². The number of aromatic amines is 1. The van der Waals surface area contributed by atoms with Crippen LogP contribution in [0.3, 0.4) is 0 Å². The maximum Gasteiger partial charge on any atom is 0.410 e. The third-order valence-corrected chi connectivity index (χ3v) is 4.26. The number of aromatic nitrogens is 1. The molecule has 3 rings (SSSR count). The first-order valence-electron chi connectivity index (χ1n) is 8.66. The first-order valence-corrected chi connectivity index (χ1v) is 8.66. The number of H-pyrrole nitrogens is 1. The van der Waals surface area contributed by atoms with Gasteiger partial charge in [0.25, 0.3) is 5.91 Å². The van der Waals surface area contributed by atoms with Gasteiger partial charge < -0.3 is 19.9 Å². The normalized spacial score (nSPS) is 17.7. The highest BCUT2D eigenvalue weighted by Gasteiger charge is 2.29. The minimum absolute atomic E-state index is 0.119. The van der Waals surface area contributed by atoms with Gasteiger partial charge >= 0.3 is 6.09 Å². The number of ether oxygens (including phenoxy) is 1. The molecule has 2 amide bonds. The number of fused-ring (bicyclic) bond motifs is 1. The molecule has 2 aromatic rings. The van der Waals surface area contributed by atoms with Crippen LogP contribution in [0.5, 0.6) is 0 Å². The van der Waals surface area contributed by atoms with Crippen LogP contribution in [0.15, 0.2) is 30.3 Å². The predicted octanol–water partition coefficient (Wildman–Crippen LogP) is 3.15. The lowest BCUT2D eigenvalue weighted by molar-refractivity contribution is 0.0288. The van der Waals surface area contributed by atoms with Gasteiger partial charge in [-0.2, -0.15) is 0 Å². The first-order chi connectivity index (χ1) is 11.8. The van der Waals surface area contributed by atoms with Crippen LogP contribution in [0.2, 0.25) is 0 Å². The van der Waals surface area contributed by atoms with E-state index in [1.807, 2.05) is 51.1 Å².